The number of rotatable bonds is 5. The van der Waals surface area contributed by atoms with E-state index in [0.29, 0.717) is 19.5 Å². The highest BCUT2D eigenvalue weighted by atomic mass is 16.2. The first-order valence-electron chi connectivity index (χ1n) is 5.91. The fourth-order valence-corrected chi connectivity index (χ4v) is 1.99. The Hall–Kier alpha value is -1.10. The van der Waals surface area contributed by atoms with Gasteiger partial charge >= 0.3 is 0 Å². The second kappa shape index (κ2) is 4.82. The molecular formula is C11H19N3O2. The molecule has 5 nitrogen and oxygen atoms in total. The Bertz CT molecular complexity index is 289. The van der Waals surface area contributed by atoms with E-state index in [-0.39, 0.29) is 17.7 Å². The van der Waals surface area contributed by atoms with Crippen molar-refractivity contribution in [3.05, 3.63) is 0 Å². The van der Waals surface area contributed by atoms with E-state index in [1.54, 1.807) is 0 Å². The van der Waals surface area contributed by atoms with E-state index < -0.39 is 0 Å². The fraction of sp³-hybridized carbons (Fsp3) is 0.818. The molecule has 2 N–H and O–H groups in total. The average Bonchev–Trinajstić information content (AvgIpc) is 3.01. The van der Waals surface area contributed by atoms with Crippen LogP contribution in [-0.4, -0.2) is 49.4 Å². The summed E-state index contributed by atoms with van der Waals surface area (Å²) in [7, 11) is 2.09. The Morgan fingerprint density at radius 1 is 1.56 bits per heavy atom. The SMILES string of the molecule is CN(CCNC(=O)C1CNC(=O)C1)C1CC1. The van der Waals surface area contributed by atoms with E-state index in [4.69, 9.17) is 0 Å². The lowest BCUT2D eigenvalue weighted by Crippen LogP contribution is -2.37. The molecule has 2 rings (SSSR count). The van der Waals surface area contributed by atoms with Crippen LogP contribution in [0.4, 0.5) is 0 Å². The minimum atomic E-state index is -0.168. The summed E-state index contributed by atoms with van der Waals surface area (Å²) in [6.07, 6.45) is 2.90. The zero-order chi connectivity index (χ0) is 11.5. The largest absolute Gasteiger partial charge is 0.355 e. The first-order valence-corrected chi connectivity index (χ1v) is 5.91. The summed E-state index contributed by atoms with van der Waals surface area (Å²) >= 11 is 0. The van der Waals surface area contributed by atoms with Crippen LogP contribution in [-0.2, 0) is 9.59 Å². The van der Waals surface area contributed by atoms with Crippen molar-refractivity contribution in [1.29, 1.82) is 0 Å². The van der Waals surface area contributed by atoms with Crippen molar-refractivity contribution in [2.24, 2.45) is 5.92 Å². The van der Waals surface area contributed by atoms with E-state index >= 15 is 0 Å². The van der Waals surface area contributed by atoms with Crippen LogP contribution >= 0.6 is 0 Å². The van der Waals surface area contributed by atoms with Crippen LogP contribution in [0.1, 0.15) is 19.3 Å². The lowest BCUT2D eigenvalue weighted by molar-refractivity contribution is -0.126. The van der Waals surface area contributed by atoms with Crippen LogP contribution in [0, 0.1) is 5.92 Å². The third-order valence-corrected chi connectivity index (χ3v) is 3.28. The van der Waals surface area contributed by atoms with E-state index in [1.165, 1.54) is 12.8 Å². The molecule has 5 heteroatoms. The second-order valence-corrected chi connectivity index (χ2v) is 4.71. The molecule has 1 saturated heterocycles. The minimum Gasteiger partial charge on any atom is -0.355 e. The molecule has 1 aliphatic heterocycles. The predicted octanol–water partition coefficient (Wildman–Crippen LogP) is -0.667. The van der Waals surface area contributed by atoms with Crippen LogP contribution in [0.25, 0.3) is 0 Å². The van der Waals surface area contributed by atoms with Gasteiger partial charge in [-0.2, -0.15) is 0 Å². The Morgan fingerprint density at radius 3 is 2.88 bits per heavy atom. The topological polar surface area (TPSA) is 61.4 Å². The van der Waals surface area contributed by atoms with E-state index in [0.717, 1.165) is 12.6 Å². The zero-order valence-corrected chi connectivity index (χ0v) is 9.66. The molecular weight excluding hydrogens is 206 g/mol. The smallest absolute Gasteiger partial charge is 0.225 e. The summed E-state index contributed by atoms with van der Waals surface area (Å²) in [6.45, 7) is 2.06. The maximum atomic E-state index is 11.6. The van der Waals surface area contributed by atoms with Gasteiger partial charge in [0.05, 0.1) is 5.92 Å². The van der Waals surface area contributed by atoms with Gasteiger partial charge in [-0.05, 0) is 19.9 Å². The summed E-state index contributed by atoms with van der Waals surface area (Å²) < 4.78 is 0. The molecule has 0 bridgehead atoms. The molecule has 0 aromatic carbocycles. The molecule has 0 aromatic rings. The Balaban J connectivity index is 1.61. The predicted molar refractivity (Wildman–Crippen MR) is 59.8 cm³/mol. The van der Waals surface area contributed by atoms with E-state index in [1.807, 2.05) is 0 Å². The lowest BCUT2D eigenvalue weighted by atomic mass is 10.1. The van der Waals surface area contributed by atoms with Gasteiger partial charge in [0.25, 0.3) is 0 Å². The first kappa shape index (κ1) is 11.4. The highest BCUT2D eigenvalue weighted by Gasteiger charge is 2.28. The van der Waals surface area contributed by atoms with Gasteiger partial charge in [0.2, 0.25) is 11.8 Å². The zero-order valence-electron chi connectivity index (χ0n) is 9.66. The van der Waals surface area contributed by atoms with Gasteiger partial charge in [0.1, 0.15) is 0 Å². The molecule has 1 unspecified atom stereocenters. The van der Waals surface area contributed by atoms with Crippen molar-refractivity contribution >= 4 is 11.8 Å². The van der Waals surface area contributed by atoms with Gasteiger partial charge in [-0.3, -0.25) is 9.59 Å². The molecule has 1 atom stereocenters. The Kier molecular flexibility index (Phi) is 3.43. The summed E-state index contributed by atoms with van der Waals surface area (Å²) in [5.74, 6) is -0.184. The molecule has 1 heterocycles. The number of amides is 2. The third kappa shape index (κ3) is 2.95. The van der Waals surface area contributed by atoms with Gasteiger partial charge in [-0.25, -0.2) is 0 Å². The highest BCUT2D eigenvalue weighted by Crippen LogP contribution is 2.24. The molecule has 0 spiro atoms. The van der Waals surface area contributed by atoms with Gasteiger partial charge in [-0.15, -0.1) is 0 Å². The van der Waals surface area contributed by atoms with Crippen molar-refractivity contribution in [3.8, 4) is 0 Å². The number of carbonyl (C=O) groups excluding carboxylic acids is 2. The minimum absolute atomic E-state index is 0.00236. The maximum Gasteiger partial charge on any atom is 0.225 e. The van der Waals surface area contributed by atoms with Crippen molar-refractivity contribution in [1.82, 2.24) is 15.5 Å². The number of hydrogen-bond acceptors (Lipinski definition) is 3. The molecule has 1 aliphatic carbocycles. The molecule has 2 amide bonds. The number of carbonyl (C=O) groups is 2. The van der Waals surface area contributed by atoms with Gasteiger partial charge < -0.3 is 15.5 Å². The Labute approximate surface area is 95.6 Å². The average molecular weight is 225 g/mol. The monoisotopic (exact) mass is 225 g/mol. The van der Waals surface area contributed by atoms with Gasteiger partial charge in [-0.1, -0.05) is 0 Å². The van der Waals surface area contributed by atoms with Gasteiger partial charge in [0.15, 0.2) is 0 Å². The molecule has 90 valence electrons. The molecule has 2 fully saturated rings. The normalized spacial score (nSPS) is 24.6. The van der Waals surface area contributed by atoms with Crippen LogP contribution < -0.4 is 10.6 Å². The number of nitrogens with one attached hydrogen (secondary N) is 2. The van der Waals surface area contributed by atoms with Crippen molar-refractivity contribution in [2.75, 3.05) is 26.7 Å². The molecule has 0 aromatic heterocycles. The van der Waals surface area contributed by atoms with Crippen LogP contribution in [0.5, 0.6) is 0 Å². The summed E-state index contributed by atoms with van der Waals surface area (Å²) in [5.41, 5.74) is 0. The van der Waals surface area contributed by atoms with E-state index in [9.17, 15) is 9.59 Å². The highest BCUT2D eigenvalue weighted by molar-refractivity contribution is 5.89. The number of likely N-dealkylation sites (N-methyl/N-ethyl adjacent to an activating group) is 1. The van der Waals surface area contributed by atoms with Crippen LogP contribution in [0.3, 0.4) is 0 Å². The molecule has 1 saturated carbocycles. The van der Waals surface area contributed by atoms with Gasteiger partial charge in [0, 0.05) is 32.1 Å². The van der Waals surface area contributed by atoms with E-state index in [2.05, 4.69) is 22.6 Å². The van der Waals surface area contributed by atoms with Crippen molar-refractivity contribution < 1.29 is 9.59 Å². The van der Waals surface area contributed by atoms with Crippen molar-refractivity contribution in [2.45, 2.75) is 25.3 Å². The molecule has 0 radical (unpaired) electrons. The number of hydrogen-bond donors (Lipinski definition) is 2. The first-order chi connectivity index (χ1) is 7.66. The fourth-order valence-electron chi connectivity index (χ4n) is 1.99. The summed E-state index contributed by atoms with van der Waals surface area (Å²) in [6, 6.07) is 0.728. The Morgan fingerprint density at radius 2 is 2.31 bits per heavy atom. The second-order valence-electron chi connectivity index (χ2n) is 4.71. The van der Waals surface area contributed by atoms with Crippen LogP contribution in [0.2, 0.25) is 0 Å². The summed E-state index contributed by atoms with van der Waals surface area (Å²) in [4.78, 5) is 24.9. The lowest BCUT2D eigenvalue weighted by Gasteiger charge is -2.16. The molecule has 2 aliphatic rings. The third-order valence-electron chi connectivity index (χ3n) is 3.28. The van der Waals surface area contributed by atoms with Crippen LogP contribution in [0.15, 0.2) is 0 Å². The maximum absolute atomic E-state index is 11.6. The standard InChI is InChI=1S/C11H19N3O2/c1-14(9-2-3-9)5-4-12-11(16)8-6-10(15)13-7-8/h8-9H,2-7H2,1H3,(H,12,16)(H,13,15). The quantitative estimate of drug-likeness (QED) is 0.652. The number of nitrogens with zero attached hydrogens (tertiary/aromatic N) is 1. The molecule has 16 heavy (non-hydrogen) atoms. The summed E-state index contributed by atoms with van der Waals surface area (Å²) in [5, 5.41) is 5.55. The van der Waals surface area contributed by atoms with Crippen molar-refractivity contribution in [3.63, 3.8) is 0 Å².